The predicted molar refractivity (Wildman–Crippen MR) is 222 cm³/mol. The number of carbonyl (C=O) groups excluding carboxylic acids is 4. The summed E-state index contributed by atoms with van der Waals surface area (Å²) < 4.78 is 18.7. The molecule has 1 spiro atoms. The zero-order valence-corrected chi connectivity index (χ0v) is 33.7. The largest absolute Gasteiger partial charge is 0.455 e. The van der Waals surface area contributed by atoms with Gasteiger partial charge in [0, 0.05) is 44.5 Å². The first-order valence-corrected chi connectivity index (χ1v) is 20.3. The molecule has 3 heterocycles. The van der Waals surface area contributed by atoms with E-state index in [0.717, 1.165) is 18.8 Å². The molecule has 8 atom stereocenters. The summed E-state index contributed by atoms with van der Waals surface area (Å²) in [5.41, 5.74) is 1.50. The van der Waals surface area contributed by atoms with Gasteiger partial charge in [-0.2, -0.15) is 0 Å². The average molecular weight is 793 g/mol. The molecule has 12 nitrogen and oxygen atoms in total. The average Bonchev–Trinajstić information content (AvgIpc) is 3.90. The number of hydrogen-bond acceptors (Lipinski definition) is 9. The fraction of sp³-hybridized carbons (Fsp3) is 0.435. The van der Waals surface area contributed by atoms with Crippen LogP contribution in [0.4, 0.5) is 11.4 Å². The third-order valence-corrected chi connectivity index (χ3v) is 11.8. The number of rotatable bonds is 20. The third-order valence-electron chi connectivity index (χ3n) is 11.8. The lowest BCUT2D eigenvalue weighted by atomic mass is 9.70. The van der Waals surface area contributed by atoms with Crippen molar-refractivity contribution in [1.82, 2.24) is 10.2 Å². The number of aliphatic hydroxyl groups is 1. The van der Waals surface area contributed by atoms with E-state index < -0.39 is 72.2 Å². The molecule has 2 N–H and O–H groups in total. The number of nitrogens with zero attached hydrogens (tertiary/aromatic N) is 3. The van der Waals surface area contributed by atoms with Crippen LogP contribution in [-0.4, -0.2) is 97.4 Å². The maximum atomic E-state index is 15.3. The van der Waals surface area contributed by atoms with Gasteiger partial charge in [-0.25, -0.2) is 0 Å². The molecule has 0 unspecified atom stereocenters. The molecule has 3 amide bonds. The first-order valence-electron chi connectivity index (χ1n) is 20.3. The van der Waals surface area contributed by atoms with Crippen LogP contribution in [-0.2, 0) is 33.4 Å². The summed E-state index contributed by atoms with van der Waals surface area (Å²) in [7, 11) is 1.50. The van der Waals surface area contributed by atoms with Gasteiger partial charge in [-0.15, -0.1) is 13.2 Å². The number of ether oxygens (including phenoxy) is 3. The Morgan fingerprint density at radius 1 is 0.966 bits per heavy atom. The van der Waals surface area contributed by atoms with E-state index in [9.17, 15) is 14.7 Å². The van der Waals surface area contributed by atoms with Crippen molar-refractivity contribution in [3.8, 4) is 0 Å². The second-order valence-electron chi connectivity index (χ2n) is 15.1. The third kappa shape index (κ3) is 8.18. The number of nitrogens with one attached hydrogen (secondary N) is 1. The zero-order valence-electron chi connectivity index (χ0n) is 33.7. The van der Waals surface area contributed by atoms with Crippen LogP contribution in [0.5, 0.6) is 0 Å². The molecular weight excluding hydrogens is 737 g/mol. The summed E-state index contributed by atoms with van der Waals surface area (Å²) >= 11 is 0. The first kappa shape index (κ1) is 42.3. The highest BCUT2D eigenvalue weighted by molar-refractivity contribution is 6.05. The maximum Gasteiger partial charge on any atom is 0.313 e. The van der Waals surface area contributed by atoms with E-state index in [0.29, 0.717) is 36.1 Å². The van der Waals surface area contributed by atoms with E-state index in [1.807, 2.05) is 72.8 Å². The van der Waals surface area contributed by atoms with Gasteiger partial charge >= 0.3 is 5.97 Å². The van der Waals surface area contributed by atoms with Crippen molar-refractivity contribution in [2.24, 2.45) is 11.8 Å². The summed E-state index contributed by atoms with van der Waals surface area (Å²) in [5, 5.41) is 14.0. The standard InChI is InChI=1S/C46H56N4O8/c1-6-10-21-38(52)47-35(30-56-5)41(32-19-15-12-16-20-32)57-45(55)39-37-26-27-46(58-37)40(39)43(53)50(36(29-51)31-17-13-11-14-18-31)42(46)44(54)49(28-7-2)34-24-22-33(23-25-34)48(8-3)9-4/h6-7,11-20,22-25,35-37,39-42,51H,1-2,8-10,21,26-30H2,3-5H3,(H,47,52)/t35-,36-,37+,39-,40-,41-,42+,46-/m1/s1. The SMILES string of the molecule is C=CCCC(=O)N[C@H](COC)[C@H](OC(=O)[C@@H]1[C@@H]2CC[C@]3(O2)[C@H](C(=O)N(CC=C)c2ccc(N(CC)CC)cc2)N([C@H](CO)c2ccccc2)C(=O)[C@@H]13)c1ccccc1. The van der Waals surface area contributed by atoms with Crippen molar-refractivity contribution in [2.45, 2.75) is 75.5 Å². The van der Waals surface area contributed by atoms with E-state index >= 15 is 9.59 Å². The lowest BCUT2D eigenvalue weighted by Crippen LogP contribution is -2.57. The topological polar surface area (TPSA) is 138 Å². The number of likely N-dealkylation sites (tertiary alicyclic amines) is 1. The Balaban J connectivity index is 1.40. The molecular formula is C46H56N4O8. The van der Waals surface area contributed by atoms with Gasteiger partial charge < -0.3 is 39.3 Å². The number of aliphatic hydroxyl groups excluding tert-OH is 1. The normalized spacial score (nSPS) is 23.4. The fourth-order valence-electron chi connectivity index (χ4n) is 9.16. The summed E-state index contributed by atoms with van der Waals surface area (Å²) in [6, 6.07) is 23.0. The number of amides is 3. The zero-order chi connectivity index (χ0) is 41.4. The summed E-state index contributed by atoms with van der Waals surface area (Å²) in [4.78, 5) is 63.5. The summed E-state index contributed by atoms with van der Waals surface area (Å²) in [5.74, 6) is -3.96. The predicted octanol–water partition coefficient (Wildman–Crippen LogP) is 5.54. The number of allylic oxidation sites excluding steroid dienone is 1. The lowest BCUT2D eigenvalue weighted by Gasteiger charge is -2.39. The molecule has 58 heavy (non-hydrogen) atoms. The number of carbonyl (C=O) groups is 4. The van der Waals surface area contributed by atoms with Gasteiger partial charge in [0.2, 0.25) is 11.8 Å². The molecule has 308 valence electrons. The fourth-order valence-corrected chi connectivity index (χ4v) is 9.16. The highest BCUT2D eigenvalue weighted by atomic mass is 16.6. The smallest absolute Gasteiger partial charge is 0.313 e. The Morgan fingerprint density at radius 3 is 2.19 bits per heavy atom. The van der Waals surface area contributed by atoms with Crippen LogP contribution < -0.4 is 15.1 Å². The van der Waals surface area contributed by atoms with Gasteiger partial charge in [0.05, 0.1) is 43.2 Å². The van der Waals surface area contributed by atoms with Crippen LogP contribution in [0.25, 0.3) is 0 Å². The van der Waals surface area contributed by atoms with Crippen LogP contribution in [0.15, 0.2) is 110 Å². The van der Waals surface area contributed by atoms with E-state index in [2.05, 4.69) is 37.2 Å². The molecule has 0 radical (unpaired) electrons. The quantitative estimate of drug-likeness (QED) is 0.112. The van der Waals surface area contributed by atoms with E-state index in [-0.39, 0.29) is 25.5 Å². The molecule has 3 aliphatic rings. The van der Waals surface area contributed by atoms with Gasteiger partial charge in [-0.3, -0.25) is 19.2 Å². The number of fused-ring (bicyclic) bond motifs is 1. The van der Waals surface area contributed by atoms with E-state index in [4.69, 9.17) is 14.2 Å². The van der Waals surface area contributed by atoms with Gasteiger partial charge in [0.15, 0.2) is 0 Å². The minimum absolute atomic E-state index is 0.0399. The number of anilines is 2. The van der Waals surface area contributed by atoms with Crippen LogP contribution in [0.3, 0.4) is 0 Å². The molecule has 0 aromatic heterocycles. The Morgan fingerprint density at radius 2 is 1.60 bits per heavy atom. The van der Waals surface area contributed by atoms with Crippen LogP contribution in [0.2, 0.25) is 0 Å². The molecule has 0 aliphatic carbocycles. The molecule has 3 aromatic carbocycles. The van der Waals surface area contributed by atoms with E-state index in [1.165, 1.54) is 12.0 Å². The van der Waals surface area contributed by atoms with Crippen molar-refractivity contribution < 1.29 is 38.5 Å². The number of methoxy groups -OCH3 is 1. The summed E-state index contributed by atoms with van der Waals surface area (Å²) in [6.45, 7) is 13.2. The minimum Gasteiger partial charge on any atom is -0.455 e. The van der Waals surface area contributed by atoms with Crippen LogP contribution >= 0.6 is 0 Å². The Labute approximate surface area is 341 Å². The number of esters is 1. The van der Waals surface area contributed by atoms with Crippen molar-refractivity contribution >= 4 is 35.1 Å². The van der Waals surface area contributed by atoms with E-state index in [1.54, 1.807) is 29.2 Å². The van der Waals surface area contributed by atoms with Crippen LogP contribution in [0, 0.1) is 11.8 Å². The minimum atomic E-state index is -1.39. The Bertz CT molecular complexity index is 1910. The second-order valence-corrected chi connectivity index (χ2v) is 15.1. The highest BCUT2D eigenvalue weighted by Crippen LogP contribution is 2.60. The van der Waals surface area contributed by atoms with Gasteiger partial charge in [-0.05, 0) is 68.5 Å². The second kappa shape index (κ2) is 19.0. The molecule has 3 aromatic rings. The monoisotopic (exact) mass is 792 g/mol. The van der Waals surface area contributed by atoms with Gasteiger partial charge in [0.25, 0.3) is 5.91 Å². The summed E-state index contributed by atoms with van der Waals surface area (Å²) in [6.07, 6.45) is 3.02. The molecule has 3 saturated heterocycles. The molecule has 2 bridgehead atoms. The van der Waals surface area contributed by atoms with Gasteiger partial charge in [0.1, 0.15) is 17.7 Å². The molecule has 0 saturated carbocycles. The molecule has 3 fully saturated rings. The number of benzene rings is 3. The van der Waals surface area contributed by atoms with Crippen molar-refractivity contribution in [3.05, 3.63) is 121 Å². The van der Waals surface area contributed by atoms with Crippen molar-refractivity contribution in [1.29, 1.82) is 0 Å². The van der Waals surface area contributed by atoms with Crippen molar-refractivity contribution in [3.63, 3.8) is 0 Å². The van der Waals surface area contributed by atoms with Crippen LogP contribution in [0.1, 0.15) is 62.8 Å². The molecule has 3 aliphatic heterocycles. The molecule has 6 rings (SSSR count). The Hall–Kier alpha value is -5.30. The number of hydrogen-bond donors (Lipinski definition) is 2. The Kier molecular flexibility index (Phi) is 13.8. The van der Waals surface area contributed by atoms with Crippen molar-refractivity contribution in [2.75, 3.05) is 49.8 Å². The first-order chi connectivity index (χ1) is 28.2. The molecule has 12 heteroatoms. The highest BCUT2D eigenvalue weighted by Gasteiger charge is 2.76. The maximum absolute atomic E-state index is 15.3. The lowest BCUT2D eigenvalue weighted by molar-refractivity contribution is -0.163. The van der Waals surface area contributed by atoms with Gasteiger partial charge in [-0.1, -0.05) is 72.8 Å².